The fourth-order valence-corrected chi connectivity index (χ4v) is 1.93. The Hall–Kier alpha value is -1.36. The summed E-state index contributed by atoms with van der Waals surface area (Å²) in [5.74, 6) is 0.689. The van der Waals surface area contributed by atoms with Crippen molar-refractivity contribution in [2.45, 2.75) is 32.2 Å². The molecule has 1 aliphatic rings. The van der Waals surface area contributed by atoms with E-state index >= 15 is 0 Å². The highest BCUT2D eigenvalue weighted by Crippen LogP contribution is 2.19. The molecule has 1 aromatic heterocycles. The molecule has 0 atom stereocenters. The van der Waals surface area contributed by atoms with E-state index in [4.69, 9.17) is 0 Å². The molecule has 2 rings (SSSR count). The van der Waals surface area contributed by atoms with Crippen molar-refractivity contribution in [1.29, 1.82) is 0 Å². The van der Waals surface area contributed by atoms with Crippen LogP contribution in [0.15, 0.2) is 12.5 Å². The van der Waals surface area contributed by atoms with E-state index in [2.05, 4.69) is 27.1 Å². The van der Waals surface area contributed by atoms with Gasteiger partial charge in [0.15, 0.2) is 0 Å². The van der Waals surface area contributed by atoms with Crippen molar-refractivity contribution in [3.8, 4) is 0 Å². The predicted molar refractivity (Wildman–Crippen MR) is 65.8 cm³/mol. The summed E-state index contributed by atoms with van der Waals surface area (Å²) in [6.07, 6.45) is 5.25. The van der Waals surface area contributed by atoms with Gasteiger partial charge in [-0.15, -0.1) is 0 Å². The van der Waals surface area contributed by atoms with Crippen LogP contribution in [-0.4, -0.2) is 35.1 Å². The summed E-state index contributed by atoms with van der Waals surface area (Å²) in [4.78, 5) is 15.7. The summed E-state index contributed by atoms with van der Waals surface area (Å²) in [6, 6.07) is 0. The van der Waals surface area contributed by atoms with Gasteiger partial charge in [0.25, 0.3) is 0 Å². The molecule has 1 fully saturated rings. The maximum absolute atomic E-state index is 11.5. The molecule has 5 heteroatoms. The standard InChI is InChI=1S/C12H20N4O/c1-2-4-15-12(17)3-5-16-9-14-8-11(16)10-6-13-7-10/h8-10,13H,2-7H2,1H3,(H,15,17). The second kappa shape index (κ2) is 5.82. The van der Waals surface area contributed by atoms with E-state index in [9.17, 15) is 4.79 Å². The van der Waals surface area contributed by atoms with Gasteiger partial charge in [0, 0.05) is 50.4 Å². The van der Waals surface area contributed by atoms with Gasteiger partial charge in [0.1, 0.15) is 0 Å². The van der Waals surface area contributed by atoms with E-state index in [0.717, 1.165) is 32.6 Å². The molecule has 0 saturated carbocycles. The van der Waals surface area contributed by atoms with E-state index in [-0.39, 0.29) is 5.91 Å². The number of nitrogens with one attached hydrogen (secondary N) is 2. The average molecular weight is 236 g/mol. The molecule has 94 valence electrons. The van der Waals surface area contributed by atoms with E-state index in [1.54, 1.807) is 0 Å². The van der Waals surface area contributed by atoms with Gasteiger partial charge in [-0.25, -0.2) is 4.98 Å². The number of rotatable bonds is 6. The Balaban J connectivity index is 1.82. The highest BCUT2D eigenvalue weighted by Gasteiger charge is 2.22. The molecule has 1 aliphatic heterocycles. The number of aromatic nitrogens is 2. The lowest BCUT2D eigenvalue weighted by molar-refractivity contribution is -0.121. The number of imidazole rings is 1. The molecule has 2 heterocycles. The lowest BCUT2D eigenvalue weighted by Gasteiger charge is -2.27. The Bertz CT molecular complexity index is 370. The summed E-state index contributed by atoms with van der Waals surface area (Å²) in [7, 11) is 0. The molecular formula is C12H20N4O. The van der Waals surface area contributed by atoms with Gasteiger partial charge in [-0.1, -0.05) is 6.92 Å². The van der Waals surface area contributed by atoms with Gasteiger partial charge in [-0.2, -0.15) is 0 Å². The second-order valence-corrected chi connectivity index (χ2v) is 4.47. The highest BCUT2D eigenvalue weighted by molar-refractivity contribution is 5.75. The van der Waals surface area contributed by atoms with Crippen LogP contribution in [0.3, 0.4) is 0 Å². The van der Waals surface area contributed by atoms with Crippen LogP contribution >= 0.6 is 0 Å². The second-order valence-electron chi connectivity index (χ2n) is 4.47. The Morgan fingerprint density at radius 1 is 1.65 bits per heavy atom. The van der Waals surface area contributed by atoms with Crippen LogP contribution in [0.4, 0.5) is 0 Å². The fraction of sp³-hybridized carbons (Fsp3) is 0.667. The van der Waals surface area contributed by atoms with Gasteiger partial charge in [0.05, 0.1) is 6.33 Å². The van der Waals surface area contributed by atoms with Gasteiger partial charge < -0.3 is 15.2 Å². The molecule has 5 nitrogen and oxygen atoms in total. The molecule has 0 aliphatic carbocycles. The Kier molecular flexibility index (Phi) is 4.14. The van der Waals surface area contributed by atoms with Crippen molar-refractivity contribution in [1.82, 2.24) is 20.2 Å². The summed E-state index contributed by atoms with van der Waals surface area (Å²) >= 11 is 0. The minimum absolute atomic E-state index is 0.123. The highest BCUT2D eigenvalue weighted by atomic mass is 16.1. The minimum Gasteiger partial charge on any atom is -0.356 e. The van der Waals surface area contributed by atoms with E-state index in [1.165, 1.54) is 5.69 Å². The Morgan fingerprint density at radius 3 is 3.12 bits per heavy atom. The summed E-state index contributed by atoms with van der Waals surface area (Å²) in [6.45, 7) is 5.59. The van der Waals surface area contributed by atoms with Crippen molar-refractivity contribution < 1.29 is 4.79 Å². The first-order valence-electron chi connectivity index (χ1n) is 6.28. The molecule has 0 radical (unpaired) electrons. The van der Waals surface area contributed by atoms with Crippen LogP contribution in [0.1, 0.15) is 31.4 Å². The molecule has 1 aromatic rings. The van der Waals surface area contributed by atoms with E-state index < -0.39 is 0 Å². The van der Waals surface area contributed by atoms with Crippen LogP contribution in [0.5, 0.6) is 0 Å². The Morgan fingerprint density at radius 2 is 2.47 bits per heavy atom. The van der Waals surface area contributed by atoms with E-state index in [0.29, 0.717) is 12.3 Å². The quantitative estimate of drug-likeness (QED) is 0.755. The zero-order valence-electron chi connectivity index (χ0n) is 10.3. The third kappa shape index (κ3) is 3.06. The number of hydrogen-bond donors (Lipinski definition) is 2. The van der Waals surface area contributed by atoms with Crippen molar-refractivity contribution in [3.05, 3.63) is 18.2 Å². The zero-order valence-corrected chi connectivity index (χ0v) is 10.3. The predicted octanol–water partition coefficient (Wildman–Crippen LogP) is 0.486. The molecule has 1 amide bonds. The van der Waals surface area contributed by atoms with Gasteiger partial charge >= 0.3 is 0 Å². The van der Waals surface area contributed by atoms with Crippen molar-refractivity contribution in [2.75, 3.05) is 19.6 Å². The van der Waals surface area contributed by atoms with Crippen molar-refractivity contribution in [2.24, 2.45) is 0 Å². The van der Waals surface area contributed by atoms with Crippen LogP contribution in [0, 0.1) is 0 Å². The normalized spacial score (nSPS) is 15.6. The first-order valence-corrected chi connectivity index (χ1v) is 6.28. The molecule has 0 bridgehead atoms. The first-order chi connectivity index (χ1) is 8.31. The van der Waals surface area contributed by atoms with Gasteiger partial charge in [0.2, 0.25) is 5.91 Å². The monoisotopic (exact) mass is 236 g/mol. The molecule has 0 spiro atoms. The van der Waals surface area contributed by atoms with Crippen molar-refractivity contribution in [3.63, 3.8) is 0 Å². The SMILES string of the molecule is CCCNC(=O)CCn1cncc1C1CNC1. The lowest BCUT2D eigenvalue weighted by atomic mass is 10.00. The maximum atomic E-state index is 11.5. The average Bonchev–Trinajstić information content (AvgIpc) is 2.69. The summed E-state index contributed by atoms with van der Waals surface area (Å²) in [5, 5.41) is 6.14. The van der Waals surface area contributed by atoms with Crippen LogP contribution in [-0.2, 0) is 11.3 Å². The fourth-order valence-electron chi connectivity index (χ4n) is 1.93. The number of carbonyl (C=O) groups excluding carboxylic acids is 1. The number of nitrogens with zero attached hydrogens (tertiary/aromatic N) is 2. The smallest absolute Gasteiger partial charge is 0.221 e. The maximum Gasteiger partial charge on any atom is 0.221 e. The van der Waals surface area contributed by atoms with Crippen molar-refractivity contribution >= 4 is 5.91 Å². The van der Waals surface area contributed by atoms with E-state index in [1.807, 2.05) is 12.5 Å². The van der Waals surface area contributed by atoms with Gasteiger partial charge in [-0.05, 0) is 6.42 Å². The van der Waals surface area contributed by atoms with Gasteiger partial charge in [-0.3, -0.25) is 4.79 Å². The van der Waals surface area contributed by atoms with Crippen LogP contribution in [0.25, 0.3) is 0 Å². The summed E-state index contributed by atoms with van der Waals surface area (Å²) in [5.41, 5.74) is 1.24. The molecule has 0 unspecified atom stereocenters. The molecule has 0 aromatic carbocycles. The molecule has 2 N–H and O–H groups in total. The third-order valence-electron chi connectivity index (χ3n) is 3.10. The largest absolute Gasteiger partial charge is 0.356 e. The number of amides is 1. The first kappa shape index (κ1) is 12.1. The number of aryl methyl sites for hydroxylation is 1. The Labute approximate surface area is 102 Å². The lowest BCUT2D eigenvalue weighted by Crippen LogP contribution is -2.41. The topological polar surface area (TPSA) is 59.0 Å². The van der Waals surface area contributed by atoms with Crippen LogP contribution in [0.2, 0.25) is 0 Å². The molecule has 1 saturated heterocycles. The zero-order chi connectivity index (χ0) is 12.1. The number of hydrogen-bond acceptors (Lipinski definition) is 3. The summed E-state index contributed by atoms with van der Waals surface area (Å²) < 4.78 is 2.09. The molecular weight excluding hydrogens is 216 g/mol. The number of carbonyl (C=O) groups is 1. The molecule has 17 heavy (non-hydrogen) atoms. The van der Waals surface area contributed by atoms with Crippen LogP contribution < -0.4 is 10.6 Å². The minimum atomic E-state index is 0.123. The third-order valence-corrected chi connectivity index (χ3v) is 3.10.